The number of piperidine rings is 1. The molecular weight excluding hydrogens is 594 g/mol. The Labute approximate surface area is 265 Å². The molecular formula is C35H35NO10. The molecule has 240 valence electrons. The highest BCUT2D eigenvalue weighted by Crippen LogP contribution is 2.47. The third-order valence-corrected chi connectivity index (χ3v) is 8.75. The van der Waals surface area contributed by atoms with Crippen LogP contribution in [0.25, 0.3) is 12.2 Å². The number of aromatic hydroxyl groups is 1. The lowest BCUT2D eigenvalue weighted by Crippen LogP contribution is -2.58. The fourth-order valence-corrected chi connectivity index (χ4v) is 6.36. The van der Waals surface area contributed by atoms with Crippen LogP contribution in [0.4, 0.5) is 0 Å². The second kappa shape index (κ2) is 12.8. The van der Waals surface area contributed by atoms with E-state index in [0.29, 0.717) is 25.9 Å². The molecule has 6 rings (SSSR count). The second-order valence-corrected chi connectivity index (χ2v) is 11.8. The van der Waals surface area contributed by atoms with Crippen molar-refractivity contribution in [2.45, 2.75) is 63.3 Å². The average Bonchev–Trinajstić information content (AvgIpc) is 3.04. The van der Waals surface area contributed by atoms with Gasteiger partial charge in [0.25, 0.3) is 0 Å². The lowest BCUT2D eigenvalue weighted by molar-refractivity contribution is -0.268. The highest BCUT2D eigenvalue weighted by Gasteiger charge is 2.45. The van der Waals surface area contributed by atoms with Gasteiger partial charge in [-0.3, -0.25) is 14.4 Å². The normalized spacial score (nSPS) is 24.8. The number of fused-ring (bicyclic) bond motifs is 2. The van der Waals surface area contributed by atoms with Crippen molar-refractivity contribution < 1.29 is 49.0 Å². The van der Waals surface area contributed by atoms with E-state index in [9.17, 15) is 34.8 Å². The van der Waals surface area contributed by atoms with Crippen LogP contribution in [-0.4, -0.2) is 81.8 Å². The molecule has 0 amide bonds. The molecule has 3 aliphatic rings. The van der Waals surface area contributed by atoms with E-state index in [2.05, 4.69) is 5.32 Å². The Balaban J connectivity index is 1.51. The van der Waals surface area contributed by atoms with E-state index in [1.165, 1.54) is 32.0 Å². The molecule has 0 aromatic heterocycles. The number of carbonyl (C=O) groups excluding carboxylic acids is 3. The number of ether oxygens (including phenoxy) is 3. The van der Waals surface area contributed by atoms with Crippen LogP contribution >= 0.6 is 0 Å². The van der Waals surface area contributed by atoms with Gasteiger partial charge in [-0.2, -0.15) is 0 Å². The molecule has 3 aromatic carbocycles. The topological polar surface area (TPSA) is 172 Å². The van der Waals surface area contributed by atoms with Gasteiger partial charge in [-0.05, 0) is 68.6 Å². The number of aliphatic hydroxyl groups excluding tert-OH is 3. The molecule has 11 heteroatoms. The summed E-state index contributed by atoms with van der Waals surface area (Å²) in [5.74, 6) is -2.41. The summed E-state index contributed by atoms with van der Waals surface area (Å²) in [6.45, 7) is 4.02. The SMILES string of the molecule is CC(=O)Oc1ccc2c(c1C=Cc1ccccc1)C(=O)c1cc(O[C@H]3O[C@H](C)[C@@H](O)[C@@H](O)[C@H]3O)c(C3CCNCC3)c(O)c1C2=O. The molecule has 2 aliphatic heterocycles. The molecule has 1 aliphatic carbocycles. The van der Waals surface area contributed by atoms with Gasteiger partial charge in [-0.1, -0.05) is 36.4 Å². The summed E-state index contributed by atoms with van der Waals surface area (Å²) < 4.78 is 17.2. The molecule has 2 fully saturated rings. The Hall–Kier alpha value is -4.39. The fourth-order valence-electron chi connectivity index (χ4n) is 6.36. The molecule has 46 heavy (non-hydrogen) atoms. The van der Waals surface area contributed by atoms with Crippen molar-refractivity contribution in [3.05, 3.63) is 87.5 Å². The van der Waals surface area contributed by atoms with E-state index < -0.39 is 54.0 Å². The van der Waals surface area contributed by atoms with Crippen LogP contribution in [0.1, 0.15) is 81.1 Å². The number of carbonyl (C=O) groups is 3. The molecule has 0 saturated carbocycles. The van der Waals surface area contributed by atoms with Gasteiger partial charge >= 0.3 is 5.97 Å². The number of esters is 1. The van der Waals surface area contributed by atoms with E-state index in [1.807, 2.05) is 30.3 Å². The largest absolute Gasteiger partial charge is 0.507 e. The molecule has 3 aromatic rings. The van der Waals surface area contributed by atoms with E-state index >= 15 is 0 Å². The number of benzene rings is 3. The monoisotopic (exact) mass is 629 g/mol. The summed E-state index contributed by atoms with van der Waals surface area (Å²) in [5.41, 5.74) is 1.01. The van der Waals surface area contributed by atoms with Gasteiger partial charge in [0, 0.05) is 34.7 Å². The smallest absolute Gasteiger partial charge is 0.308 e. The van der Waals surface area contributed by atoms with Crippen molar-refractivity contribution >= 4 is 29.7 Å². The fraction of sp³-hybridized carbons (Fsp3) is 0.343. The first-order chi connectivity index (χ1) is 22.1. The van der Waals surface area contributed by atoms with Crippen molar-refractivity contribution in [3.63, 3.8) is 0 Å². The summed E-state index contributed by atoms with van der Waals surface area (Å²) in [5, 5.41) is 46.3. The lowest BCUT2D eigenvalue weighted by Gasteiger charge is -2.39. The van der Waals surface area contributed by atoms with Crippen LogP contribution in [0.5, 0.6) is 17.2 Å². The molecule has 2 saturated heterocycles. The molecule has 5 atom stereocenters. The summed E-state index contributed by atoms with van der Waals surface area (Å²) in [6.07, 6.45) is -2.42. The van der Waals surface area contributed by atoms with Crippen LogP contribution in [0.3, 0.4) is 0 Å². The Morgan fingerprint density at radius 1 is 0.891 bits per heavy atom. The zero-order valence-corrected chi connectivity index (χ0v) is 25.3. The molecule has 2 heterocycles. The highest BCUT2D eigenvalue weighted by atomic mass is 16.7. The van der Waals surface area contributed by atoms with Crippen molar-refractivity contribution in [3.8, 4) is 17.2 Å². The van der Waals surface area contributed by atoms with Gasteiger partial charge in [-0.15, -0.1) is 0 Å². The number of ketones is 2. The maximum absolute atomic E-state index is 14.4. The van der Waals surface area contributed by atoms with Gasteiger partial charge < -0.3 is 40.0 Å². The number of rotatable bonds is 6. The minimum absolute atomic E-state index is 0.00473. The lowest BCUT2D eigenvalue weighted by atomic mass is 9.77. The Bertz CT molecular complexity index is 1710. The van der Waals surface area contributed by atoms with Gasteiger partial charge in [-0.25, -0.2) is 0 Å². The van der Waals surface area contributed by atoms with E-state index in [1.54, 1.807) is 12.2 Å². The molecule has 11 nitrogen and oxygen atoms in total. The third kappa shape index (κ3) is 5.72. The third-order valence-electron chi connectivity index (χ3n) is 8.75. The maximum atomic E-state index is 14.4. The van der Waals surface area contributed by atoms with Gasteiger partial charge in [0.1, 0.15) is 35.6 Å². The minimum atomic E-state index is -1.65. The zero-order chi connectivity index (χ0) is 32.7. The van der Waals surface area contributed by atoms with Crippen LogP contribution in [0.2, 0.25) is 0 Å². The maximum Gasteiger partial charge on any atom is 0.308 e. The van der Waals surface area contributed by atoms with E-state index in [-0.39, 0.29) is 50.8 Å². The van der Waals surface area contributed by atoms with Gasteiger partial charge in [0.05, 0.1) is 11.7 Å². The predicted octanol–water partition coefficient (Wildman–Crippen LogP) is 2.94. The number of phenols is 1. The molecule has 0 unspecified atom stereocenters. The van der Waals surface area contributed by atoms with Crippen molar-refractivity contribution in [1.82, 2.24) is 5.32 Å². The Kier molecular flexibility index (Phi) is 8.78. The first-order valence-electron chi connectivity index (χ1n) is 15.2. The van der Waals surface area contributed by atoms with Crippen molar-refractivity contribution in [1.29, 1.82) is 0 Å². The van der Waals surface area contributed by atoms with Crippen LogP contribution in [-0.2, 0) is 9.53 Å². The summed E-state index contributed by atoms with van der Waals surface area (Å²) in [4.78, 5) is 40.5. The Morgan fingerprint density at radius 3 is 2.28 bits per heavy atom. The quantitative estimate of drug-likeness (QED) is 0.121. The second-order valence-electron chi connectivity index (χ2n) is 11.8. The van der Waals surface area contributed by atoms with Gasteiger partial charge in [0.2, 0.25) is 6.29 Å². The van der Waals surface area contributed by atoms with Crippen LogP contribution in [0.15, 0.2) is 48.5 Å². The number of aliphatic hydroxyl groups is 3. The Morgan fingerprint density at radius 2 is 1.59 bits per heavy atom. The van der Waals surface area contributed by atoms with Crippen molar-refractivity contribution in [2.75, 3.05) is 13.1 Å². The van der Waals surface area contributed by atoms with Crippen LogP contribution < -0.4 is 14.8 Å². The van der Waals surface area contributed by atoms with Gasteiger partial charge in [0.15, 0.2) is 11.6 Å². The molecule has 5 N–H and O–H groups in total. The first kappa shape index (κ1) is 31.6. The number of nitrogens with one attached hydrogen (secondary N) is 1. The highest BCUT2D eigenvalue weighted by molar-refractivity contribution is 6.31. The average molecular weight is 630 g/mol. The first-order valence-corrected chi connectivity index (χ1v) is 15.2. The number of phenolic OH excluding ortho intramolecular Hbond substituents is 1. The predicted molar refractivity (Wildman–Crippen MR) is 166 cm³/mol. The zero-order valence-electron chi connectivity index (χ0n) is 25.3. The van der Waals surface area contributed by atoms with Crippen molar-refractivity contribution in [2.24, 2.45) is 0 Å². The molecule has 0 bridgehead atoms. The summed E-state index contributed by atoms with van der Waals surface area (Å²) in [7, 11) is 0. The number of hydrogen-bond donors (Lipinski definition) is 5. The van der Waals surface area contributed by atoms with Crippen LogP contribution in [0, 0.1) is 0 Å². The minimum Gasteiger partial charge on any atom is -0.507 e. The standard InChI is InChI=1S/C35H35NO10/c1-17-29(38)33(42)34(43)35(44-17)46-25-16-23-28(32(41)26(25)20-12-14-36-15-13-20)30(39)22-10-11-24(45-18(2)37)21(27(22)31(23)40)9-8-19-6-4-3-5-7-19/h3-11,16-17,20,29,33-36,38,41-43H,12-15H2,1-2H3/t17-,29-,33-,34-,35-/m1/s1. The summed E-state index contributed by atoms with van der Waals surface area (Å²) >= 11 is 0. The summed E-state index contributed by atoms with van der Waals surface area (Å²) in [6, 6.07) is 13.5. The van der Waals surface area contributed by atoms with E-state index in [4.69, 9.17) is 14.2 Å². The number of hydrogen-bond acceptors (Lipinski definition) is 11. The molecule has 0 spiro atoms. The van der Waals surface area contributed by atoms with E-state index in [0.717, 1.165) is 5.56 Å². The molecule has 0 radical (unpaired) electrons.